The number of pyridine rings is 1. The van der Waals surface area contributed by atoms with Gasteiger partial charge in [0.05, 0.1) is 11.2 Å². The highest BCUT2D eigenvalue weighted by molar-refractivity contribution is 5.98. The Morgan fingerprint density at radius 3 is 2.70 bits per heavy atom. The number of fused-ring (bicyclic) bond motifs is 1. The van der Waals surface area contributed by atoms with Crippen molar-refractivity contribution >= 4 is 34.5 Å². The van der Waals surface area contributed by atoms with E-state index < -0.39 is 0 Å². The molecule has 0 spiro atoms. The molecule has 1 saturated heterocycles. The van der Waals surface area contributed by atoms with Gasteiger partial charge < -0.3 is 10.2 Å². The number of hydrogen-bond acceptors (Lipinski definition) is 4. The standard InChI is InChI=1S/C26H27FN4O2/c1-18-16-30(17-20-5-8-23(27)9-6-20)12-13-31(18)26(33)10-7-22-14-21-4-3-11-28-24(21)15-25(22)29-19(2)32/h3-11,14-15,18H,12-13,16-17H2,1-2H3,(H,29,32). The number of anilines is 1. The molecule has 6 nitrogen and oxygen atoms in total. The highest BCUT2D eigenvalue weighted by Crippen LogP contribution is 2.24. The second kappa shape index (κ2) is 9.92. The fraction of sp³-hybridized carbons (Fsp3) is 0.269. The average Bonchev–Trinajstić information content (AvgIpc) is 2.78. The van der Waals surface area contributed by atoms with Crippen molar-refractivity contribution in [1.82, 2.24) is 14.8 Å². The van der Waals surface area contributed by atoms with Crippen LogP contribution in [0.25, 0.3) is 17.0 Å². The number of aromatic nitrogens is 1. The summed E-state index contributed by atoms with van der Waals surface area (Å²) in [6, 6.07) is 14.1. The van der Waals surface area contributed by atoms with Gasteiger partial charge in [-0.1, -0.05) is 18.2 Å². The summed E-state index contributed by atoms with van der Waals surface area (Å²) in [5.41, 5.74) is 3.20. The molecule has 4 rings (SSSR count). The summed E-state index contributed by atoms with van der Waals surface area (Å²) < 4.78 is 13.1. The van der Waals surface area contributed by atoms with Gasteiger partial charge >= 0.3 is 0 Å². The van der Waals surface area contributed by atoms with E-state index in [0.717, 1.165) is 41.7 Å². The third-order valence-electron chi connectivity index (χ3n) is 5.80. The largest absolute Gasteiger partial charge is 0.334 e. The zero-order valence-corrected chi connectivity index (χ0v) is 18.8. The van der Waals surface area contributed by atoms with E-state index in [1.54, 1.807) is 30.5 Å². The van der Waals surface area contributed by atoms with Crippen LogP contribution in [0, 0.1) is 5.82 Å². The first-order valence-corrected chi connectivity index (χ1v) is 11.0. The Morgan fingerprint density at radius 1 is 1.18 bits per heavy atom. The first-order chi connectivity index (χ1) is 15.9. The summed E-state index contributed by atoms with van der Waals surface area (Å²) in [5, 5.41) is 3.76. The van der Waals surface area contributed by atoms with Crippen LogP contribution in [0.3, 0.4) is 0 Å². The van der Waals surface area contributed by atoms with Crippen LogP contribution in [-0.4, -0.2) is 52.3 Å². The Balaban J connectivity index is 1.44. The number of nitrogens with one attached hydrogen (secondary N) is 1. The Hall–Kier alpha value is -3.58. The van der Waals surface area contributed by atoms with Crippen molar-refractivity contribution in [3.05, 3.63) is 77.7 Å². The minimum absolute atomic E-state index is 0.0481. The topological polar surface area (TPSA) is 65.5 Å². The highest BCUT2D eigenvalue weighted by atomic mass is 19.1. The molecule has 1 atom stereocenters. The fourth-order valence-electron chi connectivity index (χ4n) is 4.18. The molecule has 0 saturated carbocycles. The van der Waals surface area contributed by atoms with Crippen molar-refractivity contribution in [2.24, 2.45) is 0 Å². The molecule has 0 radical (unpaired) electrons. The lowest BCUT2D eigenvalue weighted by Gasteiger charge is -2.39. The van der Waals surface area contributed by atoms with Gasteiger partial charge in [0, 0.05) is 56.8 Å². The van der Waals surface area contributed by atoms with Gasteiger partial charge in [0.2, 0.25) is 11.8 Å². The lowest BCUT2D eigenvalue weighted by atomic mass is 10.1. The smallest absolute Gasteiger partial charge is 0.246 e. The van der Waals surface area contributed by atoms with Crippen LogP contribution in [0.5, 0.6) is 0 Å². The van der Waals surface area contributed by atoms with Crippen molar-refractivity contribution in [1.29, 1.82) is 0 Å². The van der Waals surface area contributed by atoms with Gasteiger partial charge in [-0.3, -0.25) is 19.5 Å². The maximum absolute atomic E-state index is 13.1. The summed E-state index contributed by atoms with van der Waals surface area (Å²) in [7, 11) is 0. The van der Waals surface area contributed by atoms with E-state index in [2.05, 4.69) is 15.2 Å². The highest BCUT2D eigenvalue weighted by Gasteiger charge is 2.26. The molecule has 1 N–H and O–H groups in total. The Kier molecular flexibility index (Phi) is 6.79. The number of carbonyl (C=O) groups is 2. The van der Waals surface area contributed by atoms with Crippen molar-refractivity contribution < 1.29 is 14.0 Å². The van der Waals surface area contributed by atoms with Crippen LogP contribution in [-0.2, 0) is 16.1 Å². The number of benzene rings is 2. The number of piperazine rings is 1. The molecule has 1 aromatic heterocycles. The normalized spacial score (nSPS) is 16.9. The SMILES string of the molecule is CC(=O)Nc1cc2ncccc2cc1C=CC(=O)N1CCN(Cc2ccc(F)cc2)CC1C. The molecule has 2 heterocycles. The summed E-state index contributed by atoms with van der Waals surface area (Å²) in [6.45, 7) is 6.33. The van der Waals surface area contributed by atoms with Gasteiger partial charge in [-0.15, -0.1) is 0 Å². The van der Waals surface area contributed by atoms with E-state index in [-0.39, 0.29) is 23.7 Å². The number of hydrogen-bond donors (Lipinski definition) is 1. The maximum atomic E-state index is 13.1. The third-order valence-corrected chi connectivity index (χ3v) is 5.80. The molecular formula is C26H27FN4O2. The summed E-state index contributed by atoms with van der Waals surface area (Å²) in [5.74, 6) is -0.486. The molecule has 0 aliphatic carbocycles. The Labute approximate surface area is 192 Å². The molecule has 33 heavy (non-hydrogen) atoms. The van der Waals surface area contributed by atoms with E-state index in [0.29, 0.717) is 12.2 Å². The van der Waals surface area contributed by atoms with Crippen LogP contribution in [0.2, 0.25) is 0 Å². The molecule has 2 aromatic carbocycles. The molecule has 7 heteroatoms. The second-order valence-electron chi connectivity index (χ2n) is 8.39. The molecule has 1 unspecified atom stereocenters. The van der Waals surface area contributed by atoms with Gasteiger partial charge in [-0.25, -0.2) is 4.39 Å². The molecule has 0 bridgehead atoms. The van der Waals surface area contributed by atoms with Gasteiger partial charge in [-0.2, -0.15) is 0 Å². The van der Waals surface area contributed by atoms with Gasteiger partial charge in [-0.05, 0) is 54.5 Å². The molecule has 3 aromatic rings. The van der Waals surface area contributed by atoms with Gasteiger partial charge in [0.15, 0.2) is 0 Å². The quantitative estimate of drug-likeness (QED) is 0.600. The average molecular weight is 447 g/mol. The van der Waals surface area contributed by atoms with Gasteiger partial charge in [0.1, 0.15) is 5.82 Å². The zero-order valence-electron chi connectivity index (χ0n) is 18.8. The van der Waals surface area contributed by atoms with Crippen LogP contribution in [0.4, 0.5) is 10.1 Å². The summed E-state index contributed by atoms with van der Waals surface area (Å²) in [6.07, 6.45) is 5.02. The lowest BCUT2D eigenvalue weighted by molar-refractivity contribution is -0.130. The number of nitrogens with zero attached hydrogens (tertiary/aromatic N) is 3. The second-order valence-corrected chi connectivity index (χ2v) is 8.39. The zero-order chi connectivity index (χ0) is 23.4. The van der Waals surface area contributed by atoms with Crippen molar-refractivity contribution in [2.75, 3.05) is 25.0 Å². The maximum Gasteiger partial charge on any atom is 0.246 e. The van der Waals surface area contributed by atoms with Crippen LogP contribution < -0.4 is 5.32 Å². The summed E-state index contributed by atoms with van der Waals surface area (Å²) in [4.78, 5) is 33.1. The molecular weight excluding hydrogens is 419 g/mol. The fourth-order valence-corrected chi connectivity index (χ4v) is 4.18. The Morgan fingerprint density at radius 2 is 1.97 bits per heavy atom. The number of rotatable bonds is 5. The number of amides is 2. The van der Waals surface area contributed by atoms with Crippen LogP contribution >= 0.6 is 0 Å². The van der Waals surface area contributed by atoms with Crippen LogP contribution in [0.15, 0.2) is 60.8 Å². The van der Waals surface area contributed by atoms with E-state index in [9.17, 15) is 14.0 Å². The minimum atomic E-state index is -0.237. The first-order valence-electron chi connectivity index (χ1n) is 11.0. The molecule has 1 aliphatic rings. The predicted octanol–water partition coefficient (Wildman–Crippen LogP) is 4.08. The van der Waals surface area contributed by atoms with E-state index in [4.69, 9.17) is 0 Å². The predicted molar refractivity (Wildman–Crippen MR) is 128 cm³/mol. The lowest BCUT2D eigenvalue weighted by Crippen LogP contribution is -2.53. The Bertz CT molecular complexity index is 1190. The molecule has 1 fully saturated rings. The third kappa shape index (κ3) is 5.62. The number of carbonyl (C=O) groups excluding carboxylic acids is 2. The van der Waals surface area contributed by atoms with E-state index in [1.807, 2.05) is 36.1 Å². The molecule has 1 aliphatic heterocycles. The van der Waals surface area contributed by atoms with Crippen LogP contribution in [0.1, 0.15) is 25.0 Å². The summed E-state index contributed by atoms with van der Waals surface area (Å²) >= 11 is 0. The van der Waals surface area contributed by atoms with E-state index >= 15 is 0 Å². The van der Waals surface area contributed by atoms with Crippen molar-refractivity contribution in [3.8, 4) is 0 Å². The first kappa shape index (κ1) is 22.6. The monoisotopic (exact) mass is 446 g/mol. The molecule has 2 amide bonds. The minimum Gasteiger partial charge on any atom is -0.334 e. The number of halogens is 1. The molecule has 170 valence electrons. The van der Waals surface area contributed by atoms with E-state index in [1.165, 1.54) is 19.1 Å². The van der Waals surface area contributed by atoms with Gasteiger partial charge in [0.25, 0.3) is 0 Å². The van der Waals surface area contributed by atoms with Crippen molar-refractivity contribution in [3.63, 3.8) is 0 Å². The van der Waals surface area contributed by atoms with Crippen molar-refractivity contribution in [2.45, 2.75) is 26.4 Å².